The molecule has 1 aromatic rings. The Morgan fingerprint density at radius 1 is 1.28 bits per heavy atom. The van der Waals surface area contributed by atoms with Crippen LogP contribution in [0, 0.1) is 0 Å². The Morgan fingerprint density at radius 2 is 2.08 bits per heavy atom. The van der Waals surface area contributed by atoms with Gasteiger partial charge in [-0.1, -0.05) is 0 Å². The van der Waals surface area contributed by atoms with Crippen molar-refractivity contribution in [2.45, 2.75) is 31.1 Å². The lowest BCUT2D eigenvalue weighted by molar-refractivity contribution is -0.147. The first-order chi connectivity index (χ1) is 12.1. The van der Waals surface area contributed by atoms with Gasteiger partial charge in [0.25, 0.3) is 5.91 Å². The second kappa shape index (κ2) is 7.72. The van der Waals surface area contributed by atoms with Crippen molar-refractivity contribution in [2.24, 2.45) is 0 Å². The minimum absolute atomic E-state index is 0.0107. The molecular formula is C19H28N2O4. The van der Waals surface area contributed by atoms with Gasteiger partial charge in [-0.2, -0.15) is 0 Å². The van der Waals surface area contributed by atoms with Gasteiger partial charge in [-0.3, -0.25) is 4.79 Å². The zero-order valence-electron chi connectivity index (χ0n) is 15.5. The number of ether oxygens (including phenoxy) is 3. The van der Waals surface area contributed by atoms with Crippen molar-refractivity contribution in [2.75, 3.05) is 53.0 Å². The highest BCUT2D eigenvalue weighted by Crippen LogP contribution is 2.28. The first-order valence-electron chi connectivity index (χ1n) is 8.81. The van der Waals surface area contributed by atoms with Crippen LogP contribution < -0.4 is 4.90 Å². The minimum Gasteiger partial charge on any atom is -0.376 e. The van der Waals surface area contributed by atoms with Gasteiger partial charge in [0, 0.05) is 46.1 Å². The molecule has 1 amide bonds. The number of likely N-dealkylation sites (N-methyl/N-ethyl adjacent to an activating group) is 1. The molecule has 1 saturated heterocycles. The Morgan fingerprint density at radius 3 is 2.80 bits per heavy atom. The summed E-state index contributed by atoms with van der Waals surface area (Å²) in [4.78, 5) is 17.0. The summed E-state index contributed by atoms with van der Waals surface area (Å²) in [6, 6.07) is 5.83. The zero-order valence-corrected chi connectivity index (χ0v) is 15.5. The van der Waals surface area contributed by atoms with Crippen LogP contribution in [0.3, 0.4) is 0 Å². The van der Waals surface area contributed by atoms with Gasteiger partial charge in [0.2, 0.25) is 0 Å². The zero-order chi connectivity index (χ0) is 18.0. The number of anilines is 1. The number of rotatable bonds is 4. The number of aryl methyl sites for hydroxylation is 1. The number of amides is 1. The molecule has 2 heterocycles. The number of benzene rings is 1. The molecule has 1 fully saturated rings. The summed E-state index contributed by atoms with van der Waals surface area (Å²) in [6.07, 6.45) is 1.77. The average Bonchev–Trinajstić information content (AvgIpc) is 2.65. The van der Waals surface area contributed by atoms with Gasteiger partial charge < -0.3 is 24.0 Å². The molecule has 25 heavy (non-hydrogen) atoms. The van der Waals surface area contributed by atoms with Crippen molar-refractivity contribution in [1.82, 2.24) is 4.90 Å². The molecule has 0 bridgehead atoms. The van der Waals surface area contributed by atoms with Crippen molar-refractivity contribution in [3.63, 3.8) is 0 Å². The third kappa shape index (κ3) is 3.52. The molecule has 0 aromatic heterocycles. The molecule has 0 N–H and O–H groups in total. The van der Waals surface area contributed by atoms with E-state index in [0.29, 0.717) is 18.8 Å². The first-order valence-corrected chi connectivity index (χ1v) is 8.81. The number of fused-ring (bicyclic) bond motifs is 1. The molecular weight excluding hydrogens is 320 g/mol. The van der Waals surface area contributed by atoms with Crippen molar-refractivity contribution in [3.05, 3.63) is 29.3 Å². The van der Waals surface area contributed by atoms with Gasteiger partial charge in [0.1, 0.15) is 12.2 Å². The van der Waals surface area contributed by atoms with E-state index in [4.69, 9.17) is 14.2 Å². The molecule has 3 atom stereocenters. The smallest absolute Gasteiger partial charge is 0.254 e. The standard InChI is InChI=1S/C19H28N2O4/c1-20-9-5-6-13-10-14(7-8-15(13)20)19(22)21(2)16-11-25-12-17(23-3)18(16)24-4/h7-8,10,16-18H,5-6,9,11-12H2,1-4H3/t16-,17-,18+/m1/s1. The molecule has 6 nitrogen and oxygen atoms in total. The molecule has 2 aliphatic rings. The van der Waals surface area contributed by atoms with E-state index in [0.717, 1.165) is 19.4 Å². The molecule has 2 aliphatic heterocycles. The first kappa shape index (κ1) is 18.2. The Balaban J connectivity index is 1.80. The van der Waals surface area contributed by atoms with Crippen molar-refractivity contribution in [3.8, 4) is 0 Å². The van der Waals surface area contributed by atoms with Crippen LogP contribution in [0.2, 0.25) is 0 Å². The van der Waals surface area contributed by atoms with Gasteiger partial charge in [0.05, 0.1) is 19.3 Å². The minimum atomic E-state index is -0.198. The summed E-state index contributed by atoms with van der Waals surface area (Å²) in [5.74, 6) is -0.0107. The molecule has 1 aromatic carbocycles. The Bertz CT molecular complexity index is 621. The largest absolute Gasteiger partial charge is 0.376 e. The van der Waals surface area contributed by atoms with Gasteiger partial charge in [-0.05, 0) is 36.6 Å². The molecule has 0 radical (unpaired) electrons. The van der Waals surface area contributed by atoms with Crippen LogP contribution in [0.25, 0.3) is 0 Å². The van der Waals surface area contributed by atoms with Gasteiger partial charge in [-0.25, -0.2) is 0 Å². The highest BCUT2D eigenvalue weighted by Gasteiger charge is 2.38. The van der Waals surface area contributed by atoms with Crippen molar-refractivity contribution < 1.29 is 19.0 Å². The highest BCUT2D eigenvalue weighted by atomic mass is 16.6. The summed E-state index contributed by atoms with van der Waals surface area (Å²) in [5, 5.41) is 0. The molecule has 3 rings (SSSR count). The Hall–Kier alpha value is -1.63. The van der Waals surface area contributed by atoms with E-state index in [1.54, 1.807) is 19.1 Å². The van der Waals surface area contributed by atoms with Crippen LogP contribution in [-0.4, -0.2) is 77.1 Å². The molecule has 0 spiro atoms. The third-order valence-electron chi connectivity index (χ3n) is 5.39. The predicted molar refractivity (Wildman–Crippen MR) is 96.3 cm³/mol. The lowest BCUT2D eigenvalue weighted by Gasteiger charge is -2.40. The number of methoxy groups -OCH3 is 2. The number of nitrogens with zero attached hydrogens (tertiary/aromatic N) is 2. The van der Waals surface area contributed by atoms with Crippen LogP contribution in [-0.2, 0) is 20.6 Å². The molecule has 0 saturated carbocycles. The lowest BCUT2D eigenvalue weighted by atomic mass is 9.98. The van der Waals surface area contributed by atoms with E-state index in [2.05, 4.69) is 18.0 Å². The second-order valence-corrected chi connectivity index (χ2v) is 6.86. The normalized spacial score (nSPS) is 26.2. The van der Waals surface area contributed by atoms with E-state index < -0.39 is 0 Å². The van der Waals surface area contributed by atoms with E-state index in [1.165, 1.54) is 11.3 Å². The number of carbonyl (C=O) groups excluding carboxylic acids is 1. The summed E-state index contributed by atoms with van der Waals surface area (Å²) in [5.41, 5.74) is 3.18. The predicted octanol–water partition coefficient (Wildman–Crippen LogP) is 1.57. The Kier molecular flexibility index (Phi) is 5.61. The average molecular weight is 348 g/mol. The fourth-order valence-electron chi connectivity index (χ4n) is 3.86. The second-order valence-electron chi connectivity index (χ2n) is 6.86. The van der Waals surface area contributed by atoms with E-state index in [1.807, 2.05) is 19.2 Å². The Labute approximate surface area is 149 Å². The monoisotopic (exact) mass is 348 g/mol. The van der Waals surface area contributed by atoms with E-state index in [9.17, 15) is 4.79 Å². The maximum absolute atomic E-state index is 13.0. The fraction of sp³-hybridized carbons (Fsp3) is 0.632. The lowest BCUT2D eigenvalue weighted by Crippen LogP contribution is -2.57. The van der Waals surface area contributed by atoms with Gasteiger partial charge in [-0.15, -0.1) is 0 Å². The van der Waals surface area contributed by atoms with Crippen LogP contribution in [0.15, 0.2) is 18.2 Å². The van der Waals surface area contributed by atoms with Crippen LogP contribution in [0.1, 0.15) is 22.3 Å². The molecule has 6 heteroatoms. The molecule has 0 unspecified atom stereocenters. The highest BCUT2D eigenvalue weighted by molar-refractivity contribution is 5.95. The summed E-state index contributed by atoms with van der Waals surface area (Å²) < 4.78 is 16.7. The summed E-state index contributed by atoms with van der Waals surface area (Å²) in [7, 11) is 7.21. The van der Waals surface area contributed by atoms with E-state index >= 15 is 0 Å². The quantitative estimate of drug-likeness (QED) is 0.827. The SMILES string of the molecule is CO[C@H]1[C@H](N(C)C(=O)c2ccc3c(c2)CCCN3C)COC[C@H]1OC. The fourth-order valence-corrected chi connectivity index (χ4v) is 3.86. The van der Waals surface area contributed by atoms with Crippen LogP contribution in [0.4, 0.5) is 5.69 Å². The maximum atomic E-state index is 13.0. The summed E-state index contributed by atoms with van der Waals surface area (Å²) >= 11 is 0. The maximum Gasteiger partial charge on any atom is 0.254 e. The van der Waals surface area contributed by atoms with Crippen molar-refractivity contribution >= 4 is 11.6 Å². The summed E-state index contributed by atoms with van der Waals surface area (Å²) in [6.45, 7) is 2.00. The number of hydrogen-bond acceptors (Lipinski definition) is 5. The van der Waals surface area contributed by atoms with Gasteiger partial charge in [0.15, 0.2) is 0 Å². The van der Waals surface area contributed by atoms with Crippen molar-refractivity contribution in [1.29, 1.82) is 0 Å². The molecule has 138 valence electrons. The van der Waals surface area contributed by atoms with E-state index in [-0.39, 0.29) is 24.2 Å². The van der Waals surface area contributed by atoms with Crippen LogP contribution >= 0.6 is 0 Å². The van der Waals surface area contributed by atoms with Gasteiger partial charge >= 0.3 is 0 Å². The topological polar surface area (TPSA) is 51.2 Å². The third-order valence-corrected chi connectivity index (χ3v) is 5.39. The van der Waals surface area contributed by atoms with Crippen LogP contribution in [0.5, 0.6) is 0 Å². The number of hydrogen-bond donors (Lipinski definition) is 0. The molecule has 0 aliphatic carbocycles. The number of carbonyl (C=O) groups is 1.